The standard InChI is InChI=1S/C16H20N2O3/c1-16(17,10-7-8-10)15(21)18-9-3-5-11-12(14(19)20)4-2-6-13(11)18/h2,4,6,10H,3,5,7-9,17H2,1H3,(H,19,20). The van der Waals surface area contributed by atoms with Gasteiger partial charge in [0, 0.05) is 12.2 Å². The summed E-state index contributed by atoms with van der Waals surface area (Å²) in [6.07, 6.45) is 3.44. The van der Waals surface area contributed by atoms with Crippen LogP contribution in [0.5, 0.6) is 0 Å². The summed E-state index contributed by atoms with van der Waals surface area (Å²) in [4.78, 5) is 25.8. The molecule has 1 aliphatic heterocycles. The first kappa shape index (κ1) is 14.1. The van der Waals surface area contributed by atoms with Crippen molar-refractivity contribution in [3.8, 4) is 0 Å². The van der Waals surface area contributed by atoms with Gasteiger partial charge in [-0.1, -0.05) is 6.07 Å². The zero-order chi connectivity index (χ0) is 15.2. The third-order valence-corrected chi connectivity index (χ3v) is 4.61. The number of carboxylic acid groups (broad SMARTS) is 1. The summed E-state index contributed by atoms with van der Waals surface area (Å²) < 4.78 is 0. The molecule has 0 saturated heterocycles. The molecule has 0 aromatic heterocycles. The summed E-state index contributed by atoms with van der Waals surface area (Å²) in [5.41, 5.74) is 7.14. The van der Waals surface area contributed by atoms with Gasteiger partial charge in [0.1, 0.15) is 0 Å². The van der Waals surface area contributed by atoms with Gasteiger partial charge in [0.05, 0.1) is 11.1 Å². The van der Waals surface area contributed by atoms with Crippen molar-refractivity contribution < 1.29 is 14.7 Å². The minimum atomic E-state index is -0.946. The summed E-state index contributed by atoms with van der Waals surface area (Å²) in [5, 5.41) is 9.30. The molecule has 1 aromatic carbocycles. The highest BCUT2D eigenvalue weighted by Crippen LogP contribution is 2.40. The van der Waals surface area contributed by atoms with Gasteiger partial charge in [0.15, 0.2) is 0 Å². The predicted octanol–water partition coefficient (Wildman–Crippen LogP) is 1.79. The van der Waals surface area contributed by atoms with Crippen LogP contribution >= 0.6 is 0 Å². The normalized spacial score (nSPS) is 20.6. The Hall–Kier alpha value is -1.88. The number of benzene rings is 1. The molecule has 1 heterocycles. The summed E-state index contributed by atoms with van der Waals surface area (Å²) in [5.74, 6) is -0.787. The summed E-state index contributed by atoms with van der Waals surface area (Å²) >= 11 is 0. The van der Waals surface area contributed by atoms with Crippen molar-refractivity contribution in [2.45, 2.75) is 38.1 Å². The van der Waals surface area contributed by atoms with Gasteiger partial charge in [-0.2, -0.15) is 0 Å². The molecule has 2 aliphatic rings. The van der Waals surface area contributed by atoms with Gasteiger partial charge in [-0.25, -0.2) is 4.79 Å². The Labute approximate surface area is 123 Å². The van der Waals surface area contributed by atoms with E-state index in [0.717, 1.165) is 24.8 Å². The van der Waals surface area contributed by atoms with Crippen molar-refractivity contribution in [3.63, 3.8) is 0 Å². The van der Waals surface area contributed by atoms with Crippen LogP contribution in [0.3, 0.4) is 0 Å². The Bertz CT molecular complexity index is 606. The number of nitrogens with zero attached hydrogens (tertiary/aromatic N) is 1. The maximum absolute atomic E-state index is 12.8. The summed E-state index contributed by atoms with van der Waals surface area (Å²) in [6, 6.07) is 5.11. The van der Waals surface area contributed by atoms with Crippen molar-refractivity contribution in [2.24, 2.45) is 11.7 Å². The molecule has 1 aromatic rings. The number of fused-ring (bicyclic) bond motifs is 1. The number of amides is 1. The van der Waals surface area contributed by atoms with Crippen LogP contribution in [-0.4, -0.2) is 29.1 Å². The van der Waals surface area contributed by atoms with Gasteiger partial charge < -0.3 is 15.7 Å². The molecule has 1 amide bonds. The smallest absolute Gasteiger partial charge is 0.336 e. The lowest BCUT2D eigenvalue weighted by Crippen LogP contribution is -2.56. The predicted molar refractivity (Wildman–Crippen MR) is 79.4 cm³/mol. The van der Waals surface area contributed by atoms with Crippen molar-refractivity contribution in [1.82, 2.24) is 0 Å². The monoisotopic (exact) mass is 288 g/mol. The quantitative estimate of drug-likeness (QED) is 0.888. The lowest BCUT2D eigenvalue weighted by atomic mass is 9.91. The lowest BCUT2D eigenvalue weighted by Gasteiger charge is -2.36. The largest absolute Gasteiger partial charge is 0.478 e. The fraction of sp³-hybridized carbons (Fsp3) is 0.500. The highest BCUT2D eigenvalue weighted by molar-refractivity contribution is 6.03. The minimum Gasteiger partial charge on any atom is -0.478 e. The van der Waals surface area contributed by atoms with E-state index in [1.807, 2.05) is 6.07 Å². The second kappa shape index (κ2) is 4.84. The molecule has 1 aliphatic carbocycles. The van der Waals surface area contributed by atoms with Crippen LogP contribution in [0, 0.1) is 5.92 Å². The average molecular weight is 288 g/mol. The highest BCUT2D eigenvalue weighted by atomic mass is 16.4. The molecule has 1 atom stereocenters. The second-order valence-electron chi connectivity index (χ2n) is 6.23. The first-order valence-corrected chi connectivity index (χ1v) is 7.39. The minimum absolute atomic E-state index is 0.0894. The number of carbonyl (C=O) groups is 2. The molecule has 112 valence electrons. The van der Waals surface area contributed by atoms with Crippen LogP contribution in [-0.2, 0) is 11.2 Å². The van der Waals surface area contributed by atoms with Crippen LogP contribution in [0.1, 0.15) is 42.1 Å². The average Bonchev–Trinajstić information content (AvgIpc) is 3.30. The molecular formula is C16H20N2O3. The van der Waals surface area contributed by atoms with Crippen molar-refractivity contribution >= 4 is 17.6 Å². The Morgan fingerprint density at radius 1 is 1.38 bits per heavy atom. The van der Waals surface area contributed by atoms with Crippen LogP contribution < -0.4 is 10.6 Å². The fourth-order valence-corrected chi connectivity index (χ4v) is 3.18. The van der Waals surface area contributed by atoms with Gasteiger partial charge in [-0.05, 0) is 56.2 Å². The Morgan fingerprint density at radius 3 is 2.71 bits per heavy atom. The topological polar surface area (TPSA) is 83.6 Å². The van der Waals surface area contributed by atoms with E-state index >= 15 is 0 Å². The number of aromatic carboxylic acids is 1. The van der Waals surface area contributed by atoms with Crippen LogP contribution in [0.15, 0.2) is 18.2 Å². The Morgan fingerprint density at radius 2 is 2.10 bits per heavy atom. The number of nitrogens with two attached hydrogens (primary N) is 1. The van der Waals surface area contributed by atoms with E-state index in [1.54, 1.807) is 24.0 Å². The van der Waals surface area contributed by atoms with Crippen molar-refractivity contribution in [1.29, 1.82) is 0 Å². The number of carbonyl (C=O) groups excluding carboxylic acids is 1. The number of rotatable bonds is 3. The second-order valence-corrected chi connectivity index (χ2v) is 6.23. The van der Waals surface area contributed by atoms with Gasteiger partial charge in [0.2, 0.25) is 5.91 Å². The van der Waals surface area contributed by atoms with Crippen LogP contribution in [0.4, 0.5) is 5.69 Å². The highest BCUT2D eigenvalue weighted by Gasteiger charge is 2.46. The van der Waals surface area contributed by atoms with E-state index in [4.69, 9.17) is 5.73 Å². The molecule has 1 unspecified atom stereocenters. The van der Waals surface area contributed by atoms with E-state index in [0.29, 0.717) is 18.7 Å². The van der Waals surface area contributed by atoms with Gasteiger partial charge in [-0.3, -0.25) is 4.79 Å². The van der Waals surface area contributed by atoms with Crippen molar-refractivity contribution in [2.75, 3.05) is 11.4 Å². The molecule has 21 heavy (non-hydrogen) atoms. The van der Waals surface area contributed by atoms with E-state index in [9.17, 15) is 14.7 Å². The van der Waals surface area contributed by atoms with Crippen LogP contribution in [0.25, 0.3) is 0 Å². The maximum Gasteiger partial charge on any atom is 0.336 e. The van der Waals surface area contributed by atoms with Crippen molar-refractivity contribution in [3.05, 3.63) is 29.3 Å². The van der Waals surface area contributed by atoms with Crippen LogP contribution in [0.2, 0.25) is 0 Å². The zero-order valence-electron chi connectivity index (χ0n) is 12.1. The molecule has 1 saturated carbocycles. The molecule has 0 bridgehead atoms. The first-order valence-electron chi connectivity index (χ1n) is 7.39. The van der Waals surface area contributed by atoms with Gasteiger partial charge in [-0.15, -0.1) is 0 Å². The first-order chi connectivity index (χ1) is 9.93. The van der Waals surface area contributed by atoms with Gasteiger partial charge >= 0.3 is 5.97 Å². The van der Waals surface area contributed by atoms with E-state index < -0.39 is 11.5 Å². The Balaban J connectivity index is 1.99. The molecular weight excluding hydrogens is 268 g/mol. The molecule has 0 radical (unpaired) electrons. The Kier molecular flexibility index (Phi) is 3.24. The molecule has 3 N–H and O–H groups in total. The molecule has 3 rings (SSSR count). The molecule has 5 heteroatoms. The molecule has 1 fully saturated rings. The SMILES string of the molecule is CC(N)(C(=O)N1CCCc2c(C(=O)O)cccc21)C1CC1. The number of anilines is 1. The van der Waals surface area contributed by atoms with Gasteiger partial charge in [0.25, 0.3) is 0 Å². The third-order valence-electron chi connectivity index (χ3n) is 4.61. The lowest BCUT2D eigenvalue weighted by molar-refractivity contribution is -0.124. The number of hydrogen-bond donors (Lipinski definition) is 2. The number of carboxylic acids is 1. The number of hydrogen-bond acceptors (Lipinski definition) is 3. The third kappa shape index (κ3) is 2.31. The zero-order valence-corrected chi connectivity index (χ0v) is 12.1. The van der Waals surface area contributed by atoms with E-state index in [-0.39, 0.29) is 17.4 Å². The summed E-state index contributed by atoms with van der Waals surface area (Å²) in [7, 11) is 0. The van der Waals surface area contributed by atoms with E-state index in [2.05, 4.69) is 0 Å². The fourth-order valence-electron chi connectivity index (χ4n) is 3.18. The molecule has 0 spiro atoms. The van der Waals surface area contributed by atoms with E-state index in [1.165, 1.54) is 0 Å². The maximum atomic E-state index is 12.8. The summed E-state index contributed by atoms with van der Waals surface area (Å²) in [6.45, 7) is 2.40. The molecule has 5 nitrogen and oxygen atoms in total.